The van der Waals surface area contributed by atoms with Gasteiger partial charge in [-0.2, -0.15) is 9.79 Å². The van der Waals surface area contributed by atoms with Gasteiger partial charge in [-0.05, 0) is 12.1 Å². The van der Waals surface area contributed by atoms with Crippen LogP contribution in [0.25, 0.3) is 0 Å². The zero-order valence-electron chi connectivity index (χ0n) is 13.8. The van der Waals surface area contributed by atoms with Crippen LogP contribution in [0.2, 0.25) is 0 Å². The van der Waals surface area contributed by atoms with Crippen molar-refractivity contribution in [2.45, 2.75) is 51.3 Å². The Balaban J connectivity index is 3.03. The fourth-order valence-corrected chi connectivity index (χ4v) is 1.84. The van der Waals surface area contributed by atoms with Crippen LogP contribution >= 0.6 is 0 Å². The molecular weight excluding hydrogens is 316 g/mol. The quantitative estimate of drug-likeness (QED) is 0.811. The van der Waals surface area contributed by atoms with Gasteiger partial charge in [0, 0.05) is 22.2 Å². The molecule has 0 aliphatic heterocycles. The van der Waals surface area contributed by atoms with Gasteiger partial charge in [-0.15, -0.1) is 0 Å². The molecular formula is C16H22N2O2S2-2. The molecule has 0 fully saturated rings. The molecule has 2 amide bonds. The number of benzene rings is 1. The first-order valence-corrected chi connectivity index (χ1v) is 7.79. The number of hydrogen-bond acceptors (Lipinski definition) is 4. The fraction of sp³-hybridized carbons (Fsp3) is 0.500. The first-order chi connectivity index (χ1) is 9.84. The third-order valence-electron chi connectivity index (χ3n) is 2.97. The maximum atomic E-state index is 12.0. The summed E-state index contributed by atoms with van der Waals surface area (Å²) in [5.41, 5.74) is -0.0623. The zero-order chi connectivity index (χ0) is 17.3. The van der Waals surface area contributed by atoms with E-state index in [9.17, 15) is 9.59 Å². The molecule has 0 saturated carbocycles. The van der Waals surface area contributed by atoms with Crippen LogP contribution in [0.5, 0.6) is 0 Å². The number of amides is 2. The van der Waals surface area contributed by atoms with Gasteiger partial charge in [-0.1, -0.05) is 41.5 Å². The van der Waals surface area contributed by atoms with Crippen molar-refractivity contribution < 1.29 is 9.59 Å². The van der Waals surface area contributed by atoms with E-state index in [4.69, 9.17) is 25.3 Å². The van der Waals surface area contributed by atoms with Crippen LogP contribution in [-0.2, 0) is 34.8 Å². The average Bonchev–Trinajstić information content (AvgIpc) is 2.35. The summed E-state index contributed by atoms with van der Waals surface area (Å²) in [6, 6.07) is 3.33. The Morgan fingerprint density at radius 3 is 1.27 bits per heavy atom. The highest BCUT2D eigenvalue weighted by molar-refractivity contribution is 7.62. The van der Waals surface area contributed by atoms with Crippen LogP contribution in [0.1, 0.15) is 41.5 Å². The van der Waals surface area contributed by atoms with Crippen LogP contribution in [0, 0.1) is 10.8 Å². The Bertz CT molecular complexity index is 546. The Morgan fingerprint density at radius 1 is 0.773 bits per heavy atom. The monoisotopic (exact) mass is 338 g/mol. The van der Waals surface area contributed by atoms with E-state index < -0.39 is 10.8 Å². The summed E-state index contributed by atoms with van der Waals surface area (Å²) in [7, 11) is 0. The molecule has 4 nitrogen and oxygen atoms in total. The van der Waals surface area contributed by atoms with E-state index in [0.29, 0.717) is 21.2 Å². The van der Waals surface area contributed by atoms with Crippen molar-refractivity contribution in [3.05, 3.63) is 12.1 Å². The van der Waals surface area contributed by atoms with Crippen LogP contribution in [0.15, 0.2) is 21.9 Å². The number of carbonyl (C=O) groups excluding carboxylic acids is 2. The summed E-state index contributed by atoms with van der Waals surface area (Å²) in [4.78, 5) is 24.8. The van der Waals surface area contributed by atoms with Gasteiger partial charge >= 0.3 is 0 Å². The minimum Gasteiger partial charge on any atom is -0.779 e. The van der Waals surface area contributed by atoms with Gasteiger partial charge in [0.1, 0.15) is 0 Å². The summed E-state index contributed by atoms with van der Waals surface area (Å²) in [6.45, 7) is 10.9. The molecule has 0 aliphatic rings. The van der Waals surface area contributed by atoms with Crippen LogP contribution in [0.4, 0.5) is 11.4 Å². The van der Waals surface area contributed by atoms with E-state index in [2.05, 4.69) is 10.6 Å². The first kappa shape index (κ1) is 18.6. The number of hydrogen-bond donors (Lipinski definition) is 2. The lowest BCUT2D eigenvalue weighted by atomic mass is 9.95. The molecule has 22 heavy (non-hydrogen) atoms. The van der Waals surface area contributed by atoms with Crippen molar-refractivity contribution >= 4 is 48.4 Å². The first-order valence-electron chi connectivity index (χ1n) is 6.98. The molecule has 0 spiro atoms. The van der Waals surface area contributed by atoms with E-state index in [1.807, 2.05) is 41.5 Å². The van der Waals surface area contributed by atoms with Crippen LogP contribution in [-0.4, -0.2) is 11.8 Å². The van der Waals surface area contributed by atoms with Crippen LogP contribution in [0.3, 0.4) is 0 Å². The Morgan fingerprint density at radius 2 is 1.05 bits per heavy atom. The molecule has 0 atom stereocenters. The summed E-state index contributed by atoms with van der Waals surface area (Å²) < 4.78 is 0. The minimum absolute atomic E-state index is 0.139. The summed E-state index contributed by atoms with van der Waals surface area (Å²) in [5.74, 6) is -0.279. The van der Waals surface area contributed by atoms with Gasteiger partial charge in [0.2, 0.25) is 11.8 Å². The third-order valence-corrected chi connectivity index (χ3v) is 3.95. The van der Waals surface area contributed by atoms with E-state index >= 15 is 0 Å². The molecule has 0 heterocycles. The third kappa shape index (κ3) is 4.55. The Hall–Kier alpha value is -1.40. The van der Waals surface area contributed by atoms with Crippen molar-refractivity contribution in [1.29, 1.82) is 0 Å². The molecule has 0 aromatic heterocycles. The number of anilines is 2. The van der Waals surface area contributed by atoms with Gasteiger partial charge < -0.3 is 35.9 Å². The lowest BCUT2D eigenvalue weighted by Crippen LogP contribution is -2.29. The highest BCUT2D eigenvalue weighted by atomic mass is 32.1. The SMILES string of the molecule is CC(C)(C)C(=O)Nc1ccc(NC(=O)C(C)(C)C)c([S-])c1[S-]. The van der Waals surface area contributed by atoms with E-state index in [1.54, 1.807) is 12.1 Å². The predicted molar refractivity (Wildman–Crippen MR) is 93.9 cm³/mol. The molecule has 0 bridgehead atoms. The lowest BCUT2D eigenvalue weighted by Gasteiger charge is -2.30. The minimum atomic E-state index is -0.525. The number of nitrogens with one attached hydrogen (secondary N) is 2. The highest BCUT2D eigenvalue weighted by Crippen LogP contribution is 2.29. The molecule has 2 N–H and O–H groups in total. The standard InChI is InChI=1S/C16H24N2O2S2/c1-15(2,3)13(19)17-9-7-8-10(12(22)11(9)21)18-14(20)16(4,5)6/h7-8,21-22H,1-6H3,(H,17,19)(H,18,20)/p-2. The maximum Gasteiger partial charge on any atom is 0.229 e. The van der Waals surface area contributed by atoms with Crippen LogP contribution < -0.4 is 10.6 Å². The van der Waals surface area contributed by atoms with Gasteiger partial charge in [0.15, 0.2) is 0 Å². The molecule has 1 rings (SSSR count). The molecule has 0 radical (unpaired) electrons. The predicted octanol–water partition coefficient (Wildman–Crippen LogP) is 3.47. The zero-order valence-corrected chi connectivity index (χ0v) is 15.4. The van der Waals surface area contributed by atoms with Crippen molar-refractivity contribution in [3.8, 4) is 0 Å². The van der Waals surface area contributed by atoms with Gasteiger partial charge in [-0.3, -0.25) is 9.59 Å². The Labute approximate surface area is 143 Å². The maximum absolute atomic E-state index is 12.0. The molecule has 0 aliphatic carbocycles. The average molecular weight is 338 g/mol. The summed E-state index contributed by atoms with van der Waals surface area (Å²) >= 11 is 10.6. The fourth-order valence-electron chi connectivity index (χ4n) is 1.38. The molecule has 1 aromatic rings. The van der Waals surface area contributed by atoms with E-state index in [1.165, 1.54) is 0 Å². The topological polar surface area (TPSA) is 58.2 Å². The smallest absolute Gasteiger partial charge is 0.229 e. The lowest BCUT2D eigenvalue weighted by molar-refractivity contribution is -0.123. The van der Waals surface area contributed by atoms with Crippen molar-refractivity contribution in [2.75, 3.05) is 10.6 Å². The second-order valence-electron chi connectivity index (χ2n) is 7.23. The second kappa shape index (κ2) is 6.38. The Kier molecular flexibility index (Phi) is 5.41. The summed E-state index contributed by atoms with van der Waals surface area (Å²) in [6.07, 6.45) is 0. The number of carbonyl (C=O) groups is 2. The number of rotatable bonds is 2. The summed E-state index contributed by atoms with van der Waals surface area (Å²) in [5, 5.41) is 5.56. The van der Waals surface area contributed by atoms with Gasteiger partial charge in [-0.25, -0.2) is 0 Å². The molecule has 1 aromatic carbocycles. The largest absolute Gasteiger partial charge is 0.779 e. The van der Waals surface area contributed by atoms with Gasteiger partial charge in [0.25, 0.3) is 0 Å². The normalized spacial score (nSPS) is 11.9. The van der Waals surface area contributed by atoms with Crippen molar-refractivity contribution in [1.82, 2.24) is 0 Å². The highest BCUT2D eigenvalue weighted by Gasteiger charge is 2.22. The van der Waals surface area contributed by atoms with E-state index in [-0.39, 0.29) is 11.8 Å². The van der Waals surface area contributed by atoms with E-state index in [0.717, 1.165) is 0 Å². The molecule has 122 valence electrons. The molecule has 0 unspecified atom stereocenters. The molecule has 0 saturated heterocycles. The van der Waals surface area contributed by atoms with Crippen molar-refractivity contribution in [3.63, 3.8) is 0 Å². The molecule has 6 heteroatoms. The van der Waals surface area contributed by atoms with Crippen molar-refractivity contribution in [2.24, 2.45) is 10.8 Å². The second-order valence-corrected chi connectivity index (χ2v) is 8.04. The van der Waals surface area contributed by atoms with Gasteiger partial charge in [0.05, 0.1) is 0 Å².